The third-order valence-electron chi connectivity index (χ3n) is 6.29. The second-order valence-corrected chi connectivity index (χ2v) is 8.67. The van der Waals surface area contributed by atoms with Crippen LogP contribution in [0.5, 0.6) is 0 Å². The predicted molar refractivity (Wildman–Crippen MR) is 124 cm³/mol. The van der Waals surface area contributed by atoms with Crippen molar-refractivity contribution < 1.29 is 14.7 Å². The van der Waals surface area contributed by atoms with Crippen molar-refractivity contribution in [1.29, 1.82) is 0 Å². The fourth-order valence-electron chi connectivity index (χ4n) is 4.90. The number of hydrogen-bond donors (Lipinski definition) is 1. The molecule has 7 heteroatoms. The highest BCUT2D eigenvalue weighted by Gasteiger charge is 2.49. The van der Waals surface area contributed by atoms with E-state index in [-0.39, 0.29) is 18.4 Å². The number of anilines is 1. The molecule has 4 rings (SSSR count). The summed E-state index contributed by atoms with van der Waals surface area (Å²) >= 11 is 0. The molecule has 2 aliphatic heterocycles. The van der Waals surface area contributed by atoms with E-state index in [0.29, 0.717) is 18.3 Å². The molecule has 0 bridgehead atoms. The van der Waals surface area contributed by atoms with Gasteiger partial charge in [0, 0.05) is 44.1 Å². The van der Waals surface area contributed by atoms with Crippen LogP contribution in [0, 0.1) is 18.8 Å². The molecule has 2 saturated heterocycles. The second kappa shape index (κ2) is 10.9. The summed E-state index contributed by atoms with van der Waals surface area (Å²) in [7, 11) is 0. The van der Waals surface area contributed by atoms with E-state index in [2.05, 4.69) is 70.9 Å². The summed E-state index contributed by atoms with van der Waals surface area (Å²) in [6.45, 7) is 8.79. The molecule has 0 spiro atoms. The third-order valence-corrected chi connectivity index (χ3v) is 6.29. The van der Waals surface area contributed by atoms with Crippen molar-refractivity contribution in [2.24, 2.45) is 11.8 Å². The maximum Gasteiger partial charge on any atom is 0.290 e. The smallest absolute Gasteiger partial charge is 0.290 e. The Hall–Kier alpha value is -3.22. The molecule has 1 N–H and O–H groups in total. The first-order chi connectivity index (χ1) is 15.5. The molecule has 1 aromatic heterocycles. The van der Waals surface area contributed by atoms with Crippen molar-refractivity contribution in [3.63, 3.8) is 0 Å². The predicted octanol–water partition coefficient (Wildman–Crippen LogP) is 3.87. The van der Waals surface area contributed by atoms with Crippen molar-refractivity contribution in [3.8, 4) is 0 Å². The fourth-order valence-corrected chi connectivity index (χ4v) is 4.90. The first kappa shape index (κ1) is 23.4. The summed E-state index contributed by atoms with van der Waals surface area (Å²) in [5.74, 6) is 2.17. The number of aromatic nitrogens is 2. The first-order valence-corrected chi connectivity index (χ1v) is 11.0. The van der Waals surface area contributed by atoms with Gasteiger partial charge in [-0.2, -0.15) is 0 Å². The van der Waals surface area contributed by atoms with Crippen LogP contribution in [0.2, 0.25) is 0 Å². The first-order valence-electron chi connectivity index (χ1n) is 11.0. The van der Waals surface area contributed by atoms with Crippen molar-refractivity contribution in [2.75, 3.05) is 24.5 Å². The number of rotatable bonds is 5. The Kier molecular flexibility index (Phi) is 7.98. The monoisotopic (exact) mass is 436 g/mol. The maximum absolute atomic E-state index is 13.2. The molecule has 2 aliphatic rings. The van der Waals surface area contributed by atoms with E-state index in [1.807, 2.05) is 6.07 Å². The number of nitrogens with zero attached hydrogens (tertiary/aromatic N) is 4. The lowest BCUT2D eigenvalue weighted by molar-refractivity contribution is -0.132. The molecule has 3 heterocycles. The Labute approximate surface area is 189 Å². The number of amides is 1. The Morgan fingerprint density at radius 3 is 2.59 bits per heavy atom. The average Bonchev–Trinajstić information content (AvgIpc) is 3.33. The number of hydrogen-bond acceptors (Lipinski definition) is 5. The molecule has 2 fully saturated rings. The third kappa shape index (κ3) is 5.33. The number of fused-ring (bicyclic) bond motifs is 1. The number of allylic oxidation sites excluding steroid dienone is 2. The van der Waals surface area contributed by atoms with Gasteiger partial charge < -0.3 is 14.9 Å². The molecule has 32 heavy (non-hydrogen) atoms. The van der Waals surface area contributed by atoms with Gasteiger partial charge in [-0.1, -0.05) is 35.9 Å². The van der Waals surface area contributed by atoms with E-state index in [1.165, 1.54) is 16.7 Å². The fraction of sp³-hybridized carbons (Fsp3) is 0.440. The molecule has 0 aliphatic carbocycles. The minimum atomic E-state index is -0.250. The molecule has 3 atom stereocenters. The zero-order valence-corrected chi connectivity index (χ0v) is 19.0. The lowest BCUT2D eigenvalue weighted by Gasteiger charge is -2.31. The minimum absolute atomic E-state index is 0.146. The Bertz CT molecular complexity index is 943. The quantitative estimate of drug-likeness (QED) is 0.566. The zero-order valence-electron chi connectivity index (χ0n) is 19.0. The number of carbonyl (C=O) groups excluding carboxylic acids is 1. The summed E-state index contributed by atoms with van der Waals surface area (Å²) in [6, 6.07) is 10.7. The van der Waals surface area contributed by atoms with Gasteiger partial charge >= 0.3 is 0 Å². The molecular weight excluding hydrogens is 404 g/mol. The largest absolute Gasteiger partial charge is 0.483 e. The van der Waals surface area contributed by atoms with Crippen LogP contribution in [0.3, 0.4) is 0 Å². The highest BCUT2D eigenvalue weighted by Crippen LogP contribution is 2.46. The number of aryl methyl sites for hydroxylation is 1. The average molecular weight is 437 g/mol. The van der Waals surface area contributed by atoms with Gasteiger partial charge in [0.05, 0.1) is 6.04 Å². The van der Waals surface area contributed by atoms with Gasteiger partial charge in [0.2, 0.25) is 5.91 Å². The van der Waals surface area contributed by atoms with Gasteiger partial charge in [-0.05, 0) is 44.4 Å². The zero-order chi connectivity index (χ0) is 23.1. The molecule has 170 valence electrons. The molecule has 0 unspecified atom stereocenters. The highest BCUT2D eigenvalue weighted by molar-refractivity contribution is 5.77. The molecule has 0 saturated carbocycles. The van der Waals surface area contributed by atoms with Crippen LogP contribution in [0.1, 0.15) is 43.9 Å². The number of carboxylic acid groups (broad SMARTS) is 1. The van der Waals surface area contributed by atoms with Crippen molar-refractivity contribution in [2.45, 2.75) is 39.7 Å². The van der Waals surface area contributed by atoms with Crippen molar-refractivity contribution in [1.82, 2.24) is 14.9 Å². The molecule has 1 aromatic carbocycles. The summed E-state index contributed by atoms with van der Waals surface area (Å²) < 4.78 is 0. The van der Waals surface area contributed by atoms with E-state index in [4.69, 9.17) is 9.90 Å². The van der Waals surface area contributed by atoms with Gasteiger partial charge in [-0.3, -0.25) is 9.59 Å². The van der Waals surface area contributed by atoms with E-state index in [0.717, 1.165) is 31.9 Å². The van der Waals surface area contributed by atoms with Crippen LogP contribution in [0.15, 0.2) is 54.5 Å². The Morgan fingerprint density at radius 2 is 1.94 bits per heavy atom. The summed E-state index contributed by atoms with van der Waals surface area (Å²) in [5.41, 5.74) is 3.83. The van der Waals surface area contributed by atoms with Crippen LogP contribution >= 0.6 is 0 Å². The van der Waals surface area contributed by atoms with Gasteiger partial charge in [-0.15, -0.1) is 0 Å². The van der Waals surface area contributed by atoms with Crippen LogP contribution < -0.4 is 4.90 Å². The van der Waals surface area contributed by atoms with Crippen LogP contribution in [0.25, 0.3) is 0 Å². The van der Waals surface area contributed by atoms with Gasteiger partial charge in [0.15, 0.2) is 0 Å². The number of likely N-dealkylation sites (tertiary alicyclic amines) is 1. The minimum Gasteiger partial charge on any atom is -0.483 e. The number of carbonyl (C=O) groups is 2. The van der Waals surface area contributed by atoms with Crippen LogP contribution in [-0.4, -0.2) is 52.0 Å². The highest BCUT2D eigenvalue weighted by atomic mass is 16.3. The molecular formula is C25H32N4O3. The van der Waals surface area contributed by atoms with Crippen LogP contribution in [-0.2, 0) is 9.59 Å². The normalized spacial score (nSPS) is 21.4. The van der Waals surface area contributed by atoms with Crippen LogP contribution in [0.4, 0.5) is 5.82 Å². The standard InChI is InChI=1S/C24H30N4O.CH2O2/c1-17(2)7-6-10-23(29)28-14-19-13-27(22-11-12-25-16-26-22)15-21(19)24(28)20-9-5-4-8-18(20)3;2-1-3/h4-5,7-9,11-12,16,19,21,24H,6,10,13-15H2,1-3H3;1H,(H,2,3)/t19-,21-,24+;/m0./s1. The molecule has 1 amide bonds. The van der Waals surface area contributed by atoms with E-state index >= 15 is 0 Å². The Morgan fingerprint density at radius 1 is 1.19 bits per heavy atom. The lowest BCUT2D eigenvalue weighted by Crippen LogP contribution is -2.36. The van der Waals surface area contributed by atoms with E-state index < -0.39 is 0 Å². The molecule has 2 aromatic rings. The molecule has 7 nitrogen and oxygen atoms in total. The van der Waals surface area contributed by atoms with E-state index in [1.54, 1.807) is 12.5 Å². The van der Waals surface area contributed by atoms with Gasteiger partial charge in [0.1, 0.15) is 12.1 Å². The van der Waals surface area contributed by atoms with Gasteiger partial charge in [-0.25, -0.2) is 9.97 Å². The SMILES string of the molecule is CC(C)=CCCC(=O)N1C[C@@H]2CN(c3ccncn3)C[C@@H]2[C@H]1c1ccccc1C.O=CO. The second-order valence-electron chi connectivity index (χ2n) is 8.67. The van der Waals surface area contributed by atoms with Gasteiger partial charge in [0.25, 0.3) is 6.47 Å². The number of benzene rings is 1. The topological polar surface area (TPSA) is 86.6 Å². The van der Waals surface area contributed by atoms with Crippen molar-refractivity contribution in [3.05, 3.63) is 65.6 Å². The summed E-state index contributed by atoms with van der Waals surface area (Å²) in [4.78, 5) is 34.5. The Balaban J connectivity index is 0.000000913. The van der Waals surface area contributed by atoms with E-state index in [9.17, 15) is 4.79 Å². The summed E-state index contributed by atoms with van der Waals surface area (Å²) in [5, 5.41) is 6.89. The lowest BCUT2D eigenvalue weighted by atomic mass is 9.87. The van der Waals surface area contributed by atoms with Crippen molar-refractivity contribution >= 4 is 18.2 Å². The maximum atomic E-state index is 13.2. The summed E-state index contributed by atoms with van der Waals surface area (Å²) in [6.07, 6.45) is 6.98. The molecule has 0 radical (unpaired) electrons.